The zero-order valence-corrected chi connectivity index (χ0v) is 24.5. The van der Waals surface area contributed by atoms with Gasteiger partial charge in [-0.25, -0.2) is 8.42 Å². The first-order valence-electron chi connectivity index (χ1n) is 11.7. The van der Waals surface area contributed by atoms with Crippen LogP contribution in [0.5, 0.6) is 5.75 Å². The van der Waals surface area contributed by atoms with E-state index in [1.54, 1.807) is 25.1 Å². The van der Waals surface area contributed by atoms with Gasteiger partial charge < -0.3 is 15.0 Å². The summed E-state index contributed by atoms with van der Waals surface area (Å²) >= 11 is 18.6. The second kappa shape index (κ2) is 13.6. The highest BCUT2D eigenvalue weighted by atomic mass is 35.5. The maximum absolute atomic E-state index is 13.7. The molecule has 2 atom stereocenters. The molecule has 0 heterocycles. The number of halogens is 3. The highest BCUT2D eigenvalue weighted by molar-refractivity contribution is 7.92. The predicted octanol–water partition coefficient (Wildman–Crippen LogP) is 5.14. The van der Waals surface area contributed by atoms with Gasteiger partial charge in [-0.3, -0.25) is 13.9 Å². The van der Waals surface area contributed by atoms with Crippen LogP contribution in [-0.4, -0.2) is 57.1 Å². The van der Waals surface area contributed by atoms with Crippen LogP contribution in [0.25, 0.3) is 0 Å². The molecule has 0 aliphatic heterocycles. The fourth-order valence-corrected chi connectivity index (χ4v) is 5.18. The molecule has 204 valence electrons. The lowest BCUT2D eigenvalue weighted by atomic mass is 10.1. The Morgan fingerprint density at radius 1 is 1.03 bits per heavy atom. The number of nitrogens with zero attached hydrogens (tertiary/aromatic N) is 2. The largest absolute Gasteiger partial charge is 0.495 e. The normalized spacial score (nSPS) is 13.0. The summed E-state index contributed by atoms with van der Waals surface area (Å²) in [5.74, 6) is -0.569. The molecule has 0 unspecified atom stereocenters. The molecule has 0 bridgehead atoms. The van der Waals surface area contributed by atoms with E-state index >= 15 is 0 Å². The molecule has 2 amide bonds. The number of carbonyl (C=O) groups is 2. The van der Waals surface area contributed by atoms with Crippen molar-refractivity contribution in [2.75, 3.05) is 24.2 Å². The summed E-state index contributed by atoms with van der Waals surface area (Å²) in [6.07, 6.45) is 2.00. The van der Waals surface area contributed by atoms with Crippen LogP contribution in [0.1, 0.15) is 39.2 Å². The van der Waals surface area contributed by atoms with Gasteiger partial charge in [0.15, 0.2) is 0 Å². The van der Waals surface area contributed by atoms with Gasteiger partial charge in [0.25, 0.3) is 0 Å². The molecule has 2 rings (SSSR count). The van der Waals surface area contributed by atoms with Gasteiger partial charge >= 0.3 is 0 Å². The third-order valence-electron chi connectivity index (χ3n) is 5.85. The molecule has 0 radical (unpaired) electrons. The van der Waals surface area contributed by atoms with Gasteiger partial charge in [0.2, 0.25) is 21.8 Å². The Labute approximate surface area is 233 Å². The molecule has 0 aliphatic rings. The number of ether oxygens (including phenoxy) is 1. The topological polar surface area (TPSA) is 96.0 Å². The van der Waals surface area contributed by atoms with Crippen molar-refractivity contribution >= 4 is 62.3 Å². The van der Waals surface area contributed by atoms with Crippen molar-refractivity contribution in [3.8, 4) is 5.75 Å². The molecule has 2 aromatic carbocycles. The lowest BCUT2D eigenvalue weighted by Crippen LogP contribution is -2.53. The zero-order valence-electron chi connectivity index (χ0n) is 21.4. The number of carbonyl (C=O) groups excluding carboxylic acids is 2. The van der Waals surface area contributed by atoms with Crippen LogP contribution in [0.2, 0.25) is 15.1 Å². The Morgan fingerprint density at radius 2 is 1.70 bits per heavy atom. The van der Waals surface area contributed by atoms with Crippen molar-refractivity contribution in [2.24, 2.45) is 0 Å². The van der Waals surface area contributed by atoms with E-state index in [0.717, 1.165) is 10.6 Å². The van der Waals surface area contributed by atoms with E-state index in [-0.39, 0.29) is 29.2 Å². The Bertz CT molecular complexity index is 1230. The number of methoxy groups -OCH3 is 1. The third kappa shape index (κ3) is 8.40. The van der Waals surface area contributed by atoms with Crippen molar-refractivity contribution in [3.05, 3.63) is 57.0 Å². The first kappa shape index (κ1) is 31.0. The number of hydrogen-bond donors (Lipinski definition) is 1. The molecule has 0 aliphatic carbocycles. The van der Waals surface area contributed by atoms with Crippen LogP contribution in [0, 0.1) is 0 Å². The number of sulfonamides is 1. The standard InChI is InChI=1S/C25H32Cl3N3O5S/c1-6-16(3)29-25(33)22(7-2)30(14-17-8-9-18(26)12-20(17)27)24(32)15-31(37(5,34)35)19-10-11-23(36-4)21(28)13-19/h8-13,16,22H,6-7,14-15H2,1-5H3,(H,29,33)/t16-,22-/m1/s1. The average Bonchev–Trinajstić information content (AvgIpc) is 2.82. The fraction of sp³-hybridized carbons (Fsp3) is 0.440. The Kier molecular flexibility index (Phi) is 11.4. The van der Waals surface area contributed by atoms with E-state index in [2.05, 4.69) is 5.32 Å². The molecule has 0 spiro atoms. The Hall–Kier alpha value is -2.20. The smallest absolute Gasteiger partial charge is 0.244 e. The number of rotatable bonds is 12. The summed E-state index contributed by atoms with van der Waals surface area (Å²) in [6, 6.07) is 8.29. The van der Waals surface area contributed by atoms with Crippen LogP contribution in [0.15, 0.2) is 36.4 Å². The van der Waals surface area contributed by atoms with Crippen LogP contribution >= 0.6 is 34.8 Å². The van der Waals surface area contributed by atoms with Crippen molar-refractivity contribution in [3.63, 3.8) is 0 Å². The fourth-order valence-electron chi connectivity index (χ4n) is 3.62. The number of hydrogen-bond acceptors (Lipinski definition) is 5. The van der Waals surface area contributed by atoms with E-state index < -0.39 is 28.5 Å². The van der Waals surface area contributed by atoms with Crippen LogP contribution in [-0.2, 0) is 26.2 Å². The summed E-state index contributed by atoms with van der Waals surface area (Å²) < 4.78 is 31.5. The van der Waals surface area contributed by atoms with E-state index in [4.69, 9.17) is 39.5 Å². The summed E-state index contributed by atoms with van der Waals surface area (Å²) in [6.45, 7) is 5.00. The Morgan fingerprint density at radius 3 is 2.22 bits per heavy atom. The van der Waals surface area contributed by atoms with Crippen LogP contribution < -0.4 is 14.4 Å². The molecular weight excluding hydrogens is 561 g/mol. The van der Waals surface area contributed by atoms with Gasteiger partial charge in [-0.05, 0) is 55.7 Å². The van der Waals surface area contributed by atoms with E-state index in [1.165, 1.54) is 30.2 Å². The SMILES string of the molecule is CC[C@@H](C)NC(=O)[C@@H](CC)N(Cc1ccc(Cl)cc1Cl)C(=O)CN(c1ccc(OC)c(Cl)c1)S(C)(=O)=O. The van der Waals surface area contributed by atoms with E-state index in [9.17, 15) is 18.0 Å². The van der Waals surface area contributed by atoms with Crippen molar-refractivity contribution in [2.45, 2.75) is 52.2 Å². The first-order chi connectivity index (χ1) is 17.3. The molecule has 1 N–H and O–H groups in total. The van der Waals surface area contributed by atoms with Crippen LogP contribution in [0.4, 0.5) is 5.69 Å². The van der Waals surface area contributed by atoms with Gasteiger partial charge in [-0.15, -0.1) is 0 Å². The van der Waals surface area contributed by atoms with E-state index in [0.29, 0.717) is 34.2 Å². The third-order valence-corrected chi connectivity index (χ3v) is 7.87. The molecule has 8 nitrogen and oxygen atoms in total. The second-order valence-electron chi connectivity index (χ2n) is 8.59. The maximum atomic E-state index is 13.7. The quantitative estimate of drug-likeness (QED) is 0.368. The van der Waals surface area contributed by atoms with Gasteiger partial charge in [-0.1, -0.05) is 54.7 Å². The maximum Gasteiger partial charge on any atom is 0.244 e. The molecular formula is C25H32Cl3N3O5S. The molecule has 37 heavy (non-hydrogen) atoms. The molecule has 2 aromatic rings. The van der Waals surface area contributed by atoms with Gasteiger partial charge in [-0.2, -0.15) is 0 Å². The molecule has 0 aromatic heterocycles. The van der Waals surface area contributed by atoms with Crippen molar-refractivity contribution in [1.82, 2.24) is 10.2 Å². The highest BCUT2D eigenvalue weighted by Gasteiger charge is 2.32. The molecule has 12 heteroatoms. The minimum Gasteiger partial charge on any atom is -0.495 e. The summed E-state index contributed by atoms with van der Waals surface area (Å²) in [4.78, 5) is 28.2. The predicted molar refractivity (Wildman–Crippen MR) is 149 cm³/mol. The summed E-state index contributed by atoms with van der Waals surface area (Å²) in [5, 5.41) is 3.84. The summed E-state index contributed by atoms with van der Waals surface area (Å²) in [5.41, 5.74) is 0.746. The number of nitrogens with one attached hydrogen (secondary N) is 1. The molecule has 0 saturated heterocycles. The minimum atomic E-state index is -3.90. The van der Waals surface area contributed by atoms with Gasteiger partial charge in [0.05, 0.1) is 24.1 Å². The number of benzene rings is 2. The number of amides is 2. The van der Waals surface area contributed by atoms with Gasteiger partial charge in [0, 0.05) is 22.6 Å². The number of anilines is 1. The van der Waals surface area contributed by atoms with Crippen molar-refractivity contribution in [1.29, 1.82) is 0 Å². The lowest BCUT2D eigenvalue weighted by Gasteiger charge is -2.33. The van der Waals surface area contributed by atoms with Gasteiger partial charge in [0.1, 0.15) is 18.3 Å². The van der Waals surface area contributed by atoms with Crippen LogP contribution in [0.3, 0.4) is 0 Å². The molecule has 0 fully saturated rings. The minimum absolute atomic E-state index is 0.0256. The summed E-state index contributed by atoms with van der Waals surface area (Å²) in [7, 11) is -2.46. The lowest BCUT2D eigenvalue weighted by molar-refractivity contribution is -0.140. The monoisotopic (exact) mass is 591 g/mol. The first-order valence-corrected chi connectivity index (χ1v) is 14.7. The van der Waals surface area contributed by atoms with E-state index in [1.807, 2.05) is 13.8 Å². The molecule has 0 saturated carbocycles. The average molecular weight is 593 g/mol. The zero-order chi connectivity index (χ0) is 27.9. The highest BCUT2D eigenvalue weighted by Crippen LogP contribution is 2.31. The Balaban J connectivity index is 2.50. The second-order valence-corrected chi connectivity index (χ2v) is 11.7. The van der Waals surface area contributed by atoms with Crippen molar-refractivity contribution < 1.29 is 22.7 Å².